The Hall–Kier alpha value is -5.03. The molecule has 1 N–H and O–H groups in total. The molecule has 46 heavy (non-hydrogen) atoms. The molecule has 1 atom stereocenters. The van der Waals surface area contributed by atoms with Crippen molar-refractivity contribution in [3.05, 3.63) is 114 Å². The minimum atomic E-state index is -4.32. The maximum absolute atomic E-state index is 14.6. The summed E-state index contributed by atoms with van der Waals surface area (Å²) in [6.07, 6.45) is 0.198. The highest BCUT2D eigenvalue weighted by atomic mass is 32.2. The molecule has 0 aliphatic heterocycles. The van der Waals surface area contributed by atoms with Gasteiger partial charge in [0.05, 0.1) is 31.9 Å². The van der Waals surface area contributed by atoms with Crippen LogP contribution in [-0.4, -0.2) is 66.1 Å². The fourth-order valence-corrected chi connectivity index (χ4v) is 6.45. The van der Waals surface area contributed by atoms with E-state index in [4.69, 9.17) is 14.2 Å². The van der Waals surface area contributed by atoms with Gasteiger partial charge < -0.3 is 24.4 Å². The Morgan fingerprint density at radius 1 is 0.783 bits per heavy atom. The summed E-state index contributed by atoms with van der Waals surface area (Å²) >= 11 is 0. The highest BCUT2D eigenvalue weighted by molar-refractivity contribution is 7.92. The number of rotatable bonds is 14. The van der Waals surface area contributed by atoms with Crippen LogP contribution >= 0.6 is 0 Å². The maximum Gasteiger partial charge on any atom is 0.264 e. The van der Waals surface area contributed by atoms with Crippen LogP contribution in [0, 0.1) is 6.92 Å². The Kier molecular flexibility index (Phi) is 11.3. The number of carbonyl (C=O) groups excluding carboxylic acids is 2. The molecule has 0 spiro atoms. The first-order valence-electron chi connectivity index (χ1n) is 14.6. The minimum Gasteiger partial charge on any atom is -0.497 e. The number of aryl methyl sites for hydroxylation is 1. The van der Waals surface area contributed by atoms with Crippen molar-refractivity contribution in [1.29, 1.82) is 0 Å². The van der Waals surface area contributed by atoms with Crippen LogP contribution in [0.5, 0.6) is 17.2 Å². The Balaban J connectivity index is 1.86. The first-order chi connectivity index (χ1) is 22.1. The Bertz CT molecular complexity index is 1750. The normalized spacial score (nSPS) is 11.7. The molecule has 0 aliphatic rings. The molecule has 0 fully saturated rings. The lowest BCUT2D eigenvalue weighted by Gasteiger charge is -2.34. The number of hydrogen-bond donors (Lipinski definition) is 1. The van der Waals surface area contributed by atoms with Gasteiger partial charge in [0.2, 0.25) is 11.8 Å². The predicted molar refractivity (Wildman–Crippen MR) is 177 cm³/mol. The SMILES string of the molecule is CNC(=O)[C@H](Cc1ccccc1)N(Cc1cccc(OC)c1)C(=O)CN(c1cc(OC)ccc1OC)S(=O)(=O)c1ccc(C)cc1. The molecular weight excluding hydrogens is 606 g/mol. The molecule has 0 saturated heterocycles. The summed E-state index contributed by atoms with van der Waals surface area (Å²) in [5, 5.41) is 2.68. The first-order valence-corrected chi connectivity index (χ1v) is 16.0. The van der Waals surface area contributed by atoms with Crippen LogP contribution in [0.4, 0.5) is 5.69 Å². The number of ether oxygens (including phenoxy) is 3. The molecule has 242 valence electrons. The van der Waals surface area contributed by atoms with E-state index in [1.165, 1.54) is 44.4 Å². The summed E-state index contributed by atoms with van der Waals surface area (Å²) in [5.74, 6) is 0.165. The molecule has 11 heteroatoms. The summed E-state index contributed by atoms with van der Waals surface area (Å²) in [5.41, 5.74) is 2.51. The van der Waals surface area contributed by atoms with E-state index in [1.807, 2.05) is 43.3 Å². The molecule has 0 aromatic heterocycles. The Morgan fingerprint density at radius 2 is 1.43 bits per heavy atom. The van der Waals surface area contributed by atoms with Crippen molar-refractivity contribution in [3.63, 3.8) is 0 Å². The molecule has 10 nitrogen and oxygen atoms in total. The summed E-state index contributed by atoms with van der Waals surface area (Å²) in [6.45, 7) is 1.23. The van der Waals surface area contributed by atoms with Crippen LogP contribution in [0.1, 0.15) is 16.7 Å². The van der Waals surface area contributed by atoms with Crippen LogP contribution in [0.3, 0.4) is 0 Å². The summed E-state index contributed by atoms with van der Waals surface area (Å²) in [7, 11) is 1.60. The quantitative estimate of drug-likeness (QED) is 0.213. The van der Waals surface area contributed by atoms with Crippen LogP contribution in [-0.2, 0) is 32.6 Å². The summed E-state index contributed by atoms with van der Waals surface area (Å²) in [6, 6.07) is 26.6. The predicted octanol–water partition coefficient (Wildman–Crippen LogP) is 4.60. The number of likely N-dealkylation sites (N-methyl/N-ethyl adjacent to an activating group) is 1. The van der Waals surface area contributed by atoms with E-state index in [2.05, 4.69) is 5.32 Å². The van der Waals surface area contributed by atoms with E-state index >= 15 is 0 Å². The molecule has 0 saturated carbocycles. The number of carbonyl (C=O) groups is 2. The van der Waals surface area contributed by atoms with Gasteiger partial charge in [-0.15, -0.1) is 0 Å². The number of nitrogens with one attached hydrogen (secondary N) is 1. The van der Waals surface area contributed by atoms with Gasteiger partial charge in [0, 0.05) is 26.1 Å². The number of nitrogens with zero attached hydrogens (tertiary/aromatic N) is 2. The maximum atomic E-state index is 14.6. The van der Waals surface area contributed by atoms with E-state index in [1.54, 1.807) is 49.6 Å². The fourth-order valence-electron chi connectivity index (χ4n) is 5.03. The van der Waals surface area contributed by atoms with E-state index in [0.29, 0.717) is 17.1 Å². The van der Waals surface area contributed by atoms with E-state index < -0.39 is 34.4 Å². The second-order valence-corrected chi connectivity index (χ2v) is 12.4. The number of methoxy groups -OCH3 is 3. The van der Waals surface area contributed by atoms with Crippen molar-refractivity contribution in [1.82, 2.24) is 10.2 Å². The Labute approximate surface area is 270 Å². The lowest BCUT2D eigenvalue weighted by Crippen LogP contribution is -2.53. The van der Waals surface area contributed by atoms with E-state index in [9.17, 15) is 18.0 Å². The standard InChI is InChI=1S/C35H39N3O7S/c1-25-14-17-30(18-15-25)46(41,42)38(31-22-29(44-4)16-19-33(31)45-5)24-34(39)37(23-27-12-9-13-28(20-27)43-3)32(35(40)36-2)21-26-10-7-6-8-11-26/h6-20,22,32H,21,23-24H2,1-5H3,(H,36,40)/t32-/m0/s1. The molecular formula is C35H39N3O7S. The molecule has 2 amide bonds. The lowest BCUT2D eigenvalue weighted by atomic mass is 10.0. The van der Waals surface area contributed by atoms with E-state index in [0.717, 1.165) is 15.4 Å². The second kappa shape index (κ2) is 15.3. The molecule has 0 aliphatic carbocycles. The minimum absolute atomic E-state index is 0.00855. The van der Waals surface area contributed by atoms with Gasteiger partial charge in [-0.3, -0.25) is 13.9 Å². The van der Waals surface area contributed by atoms with Crippen molar-refractivity contribution < 1.29 is 32.2 Å². The average molecular weight is 646 g/mol. The Morgan fingerprint density at radius 3 is 2.07 bits per heavy atom. The van der Waals surface area contributed by atoms with Gasteiger partial charge in [0.15, 0.2) is 0 Å². The van der Waals surface area contributed by atoms with Crippen LogP contribution < -0.4 is 23.8 Å². The van der Waals surface area contributed by atoms with Gasteiger partial charge in [-0.1, -0.05) is 60.2 Å². The van der Waals surface area contributed by atoms with Gasteiger partial charge in [-0.2, -0.15) is 0 Å². The van der Waals surface area contributed by atoms with Crippen molar-refractivity contribution in [2.24, 2.45) is 0 Å². The number of hydrogen-bond acceptors (Lipinski definition) is 7. The average Bonchev–Trinajstić information content (AvgIpc) is 3.08. The van der Waals surface area contributed by atoms with Crippen LogP contribution in [0.15, 0.2) is 102 Å². The number of amides is 2. The van der Waals surface area contributed by atoms with Gasteiger partial charge in [0.1, 0.15) is 29.8 Å². The molecule has 0 radical (unpaired) electrons. The van der Waals surface area contributed by atoms with Crippen LogP contribution in [0.2, 0.25) is 0 Å². The number of anilines is 1. The monoisotopic (exact) mass is 645 g/mol. The second-order valence-electron chi connectivity index (χ2n) is 10.6. The summed E-state index contributed by atoms with van der Waals surface area (Å²) < 4.78 is 46.0. The largest absolute Gasteiger partial charge is 0.497 e. The molecule has 0 unspecified atom stereocenters. The smallest absolute Gasteiger partial charge is 0.264 e. The zero-order chi connectivity index (χ0) is 33.3. The molecule has 4 rings (SSSR count). The lowest BCUT2D eigenvalue weighted by molar-refractivity contribution is -0.139. The third-order valence-electron chi connectivity index (χ3n) is 7.55. The molecule has 4 aromatic carbocycles. The van der Waals surface area contributed by atoms with E-state index in [-0.39, 0.29) is 29.3 Å². The van der Waals surface area contributed by atoms with Gasteiger partial charge in [0.25, 0.3) is 10.0 Å². The zero-order valence-corrected chi connectivity index (χ0v) is 27.4. The molecule has 0 heterocycles. The van der Waals surface area contributed by atoms with Crippen molar-refractivity contribution in [2.75, 3.05) is 39.2 Å². The molecule has 4 aromatic rings. The molecule has 0 bridgehead atoms. The first kappa shape index (κ1) is 33.9. The topological polar surface area (TPSA) is 114 Å². The highest BCUT2D eigenvalue weighted by Gasteiger charge is 2.35. The van der Waals surface area contributed by atoms with Crippen molar-refractivity contribution >= 4 is 27.5 Å². The fraction of sp³-hybridized carbons (Fsp3) is 0.257. The highest BCUT2D eigenvalue weighted by Crippen LogP contribution is 2.36. The number of benzene rings is 4. The van der Waals surface area contributed by atoms with Crippen molar-refractivity contribution in [3.8, 4) is 17.2 Å². The third kappa shape index (κ3) is 7.97. The zero-order valence-electron chi connectivity index (χ0n) is 26.6. The van der Waals surface area contributed by atoms with Crippen LogP contribution in [0.25, 0.3) is 0 Å². The van der Waals surface area contributed by atoms with Gasteiger partial charge in [-0.05, 0) is 54.4 Å². The van der Waals surface area contributed by atoms with Gasteiger partial charge >= 0.3 is 0 Å². The summed E-state index contributed by atoms with van der Waals surface area (Å²) in [4.78, 5) is 29.4. The van der Waals surface area contributed by atoms with Gasteiger partial charge in [-0.25, -0.2) is 8.42 Å². The van der Waals surface area contributed by atoms with Crippen molar-refractivity contribution in [2.45, 2.75) is 30.8 Å². The third-order valence-corrected chi connectivity index (χ3v) is 9.32. The number of sulfonamides is 1.